The first-order valence-electron chi connectivity index (χ1n) is 6.04. The van der Waals surface area contributed by atoms with Gasteiger partial charge in [-0.2, -0.15) is 0 Å². The Bertz CT molecular complexity index is 140. The third kappa shape index (κ3) is 8.85. The summed E-state index contributed by atoms with van der Waals surface area (Å²) in [5.41, 5.74) is 0. The van der Waals surface area contributed by atoms with E-state index in [4.69, 9.17) is 4.74 Å². The van der Waals surface area contributed by atoms with Crippen LogP contribution in [0.15, 0.2) is 0 Å². The highest BCUT2D eigenvalue weighted by atomic mass is 16.5. The van der Waals surface area contributed by atoms with E-state index in [2.05, 4.69) is 37.9 Å². The molecule has 0 bridgehead atoms. The number of hydrogen-bond donors (Lipinski definition) is 1. The Hall–Kier alpha value is -0.120. The first-order valence-corrected chi connectivity index (χ1v) is 6.04. The highest BCUT2D eigenvalue weighted by Gasteiger charge is 2.05. The Balaban J connectivity index is 3.53. The van der Waals surface area contributed by atoms with Crippen LogP contribution < -0.4 is 5.32 Å². The van der Waals surface area contributed by atoms with Crippen LogP contribution in [0.1, 0.15) is 27.7 Å². The Labute approximate surface area is 95.2 Å². The second kappa shape index (κ2) is 9.13. The molecule has 0 fully saturated rings. The molecule has 1 unspecified atom stereocenters. The molecule has 1 atom stereocenters. The van der Waals surface area contributed by atoms with Crippen LogP contribution in [-0.4, -0.2) is 50.8 Å². The number of ether oxygens (including phenoxy) is 1. The van der Waals surface area contributed by atoms with Gasteiger partial charge in [0.05, 0.1) is 6.61 Å². The van der Waals surface area contributed by atoms with Gasteiger partial charge in [-0.05, 0) is 19.4 Å². The van der Waals surface area contributed by atoms with Crippen LogP contribution in [0.5, 0.6) is 0 Å². The Morgan fingerprint density at radius 3 is 2.40 bits per heavy atom. The number of likely N-dealkylation sites (N-methyl/N-ethyl adjacent to an activating group) is 1. The van der Waals surface area contributed by atoms with Crippen molar-refractivity contribution in [2.45, 2.75) is 33.7 Å². The zero-order valence-corrected chi connectivity index (χ0v) is 11.0. The van der Waals surface area contributed by atoms with Gasteiger partial charge in [-0.25, -0.2) is 0 Å². The molecule has 0 aliphatic rings. The van der Waals surface area contributed by atoms with Crippen molar-refractivity contribution in [2.75, 3.05) is 39.9 Å². The second-order valence-electron chi connectivity index (χ2n) is 4.60. The molecule has 1 N–H and O–H groups in total. The predicted molar refractivity (Wildman–Crippen MR) is 66.3 cm³/mol. The second-order valence-corrected chi connectivity index (χ2v) is 4.60. The van der Waals surface area contributed by atoms with E-state index in [0.717, 1.165) is 32.2 Å². The minimum absolute atomic E-state index is 0.452. The zero-order chi connectivity index (χ0) is 11.7. The van der Waals surface area contributed by atoms with Gasteiger partial charge < -0.3 is 15.0 Å². The predicted octanol–water partition coefficient (Wildman–Crippen LogP) is 1.59. The summed E-state index contributed by atoms with van der Waals surface area (Å²) in [5.74, 6) is 0.751. The Kier molecular flexibility index (Phi) is 9.06. The van der Waals surface area contributed by atoms with Gasteiger partial charge in [0.15, 0.2) is 0 Å². The van der Waals surface area contributed by atoms with E-state index >= 15 is 0 Å². The molecule has 3 nitrogen and oxygen atoms in total. The molecule has 0 radical (unpaired) electrons. The molecular weight excluding hydrogens is 188 g/mol. The molecule has 0 amide bonds. The maximum absolute atomic E-state index is 5.08. The average Bonchev–Trinajstić information content (AvgIpc) is 2.16. The molecule has 0 aliphatic heterocycles. The fourth-order valence-electron chi connectivity index (χ4n) is 1.67. The summed E-state index contributed by atoms with van der Waals surface area (Å²) in [6.07, 6.45) is 0. The lowest BCUT2D eigenvalue weighted by atomic mass is 10.2. The van der Waals surface area contributed by atoms with Gasteiger partial charge in [0, 0.05) is 32.8 Å². The molecule has 0 saturated heterocycles. The van der Waals surface area contributed by atoms with Crippen molar-refractivity contribution in [3.63, 3.8) is 0 Å². The van der Waals surface area contributed by atoms with Gasteiger partial charge in [0.1, 0.15) is 0 Å². The maximum Gasteiger partial charge on any atom is 0.0613 e. The van der Waals surface area contributed by atoms with Gasteiger partial charge >= 0.3 is 0 Å². The lowest BCUT2D eigenvalue weighted by Gasteiger charge is -2.23. The number of nitrogens with one attached hydrogen (secondary N) is 1. The number of hydrogen-bond acceptors (Lipinski definition) is 3. The van der Waals surface area contributed by atoms with E-state index in [1.165, 1.54) is 6.54 Å². The van der Waals surface area contributed by atoms with Crippen LogP contribution in [0.2, 0.25) is 0 Å². The largest absolute Gasteiger partial charge is 0.383 e. The average molecular weight is 216 g/mol. The molecule has 0 aromatic heterocycles. The summed E-state index contributed by atoms with van der Waals surface area (Å²) >= 11 is 0. The summed E-state index contributed by atoms with van der Waals surface area (Å²) in [4.78, 5) is 2.48. The molecular formula is C12H28N2O. The SMILES string of the molecule is CCN(CCNC(C)COC)CC(C)C. The van der Waals surface area contributed by atoms with Crippen molar-refractivity contribution in [3.05, 3.63) is 0 Å². The van der Waals surface area contributed by atoms with Crippen molar-refractivity contribution in [2.24, 2.45) is 5.92 Å². The van der Waals surface area contributed by atoms with E-state index in [1.54, 1.807) is 7.11 Å². The van der Waals surface area contributed by atoms with E-state index < -0.39 is 0 Å². The van der Waals surface area contributed by atoms with Crippen molar-refractivity contribution >= 4 is 0 Å². The fraction of sp³-hybridized carbons (Fsp3) is 1.00. The highest BCUT2D eigenvalue weighted by Crippen LogP contribution is 1.97. The number of methoxy groups -OCH3 is 1. The van der Waals surface area contributed by atoms with Gasteiger partial charge in [-0.1, -0.05) is 20.8 Å². The van der Waals surface area contributed by atoms with E-state index in [9.17, 15) is 0 Å². The monoisotopic (exact) mass is 216 g/mol. The Morgan fingerprint density at radius 2 is 1.93 bits per heavy atom. The molecule has 0 saturated carbocycles. The first kappa shape index (κ1) is 14.9. The van der Waals surface area contributed by atoms with Gasteiger partial charge in [-0.3, -0.25) is 0 Å². The molecule has 0 spiro atoms. The lowest BCUT2D eigenvalue weighted by Crippen LogP contribution is -2.38. The van der Waals surface area contributed by atoms with Crippen LogP contribution >= 0.6 is 0 Å². The first-order chi connectivity index (χ1) is 7.10. The minimum Gasteiger partial charge on any atom is -0.383 e. The zero-order valence-electron chi connectivity index (χ0n) is 11.0. The third-order valence-electron chi connectivity index (χ3n) is 2.41. The molecule has 0 aromatic carbocycles. The van der Waals surface area contributed by atoms with E-state index in [-0.39, 0.29) is 0 Å². The summed E-state index contributed by atoms with van der Waals surface area (Å²) in [6, 6.07) is 0.452. The van der Waals surface area contributed by atoms with Crippen LogP contribution in [-0.2, 0) is 4.74 Å². The highest BCUT2D eigenvalue weighted by molar-refractivity contribution is 4.63. The van der Waals surface area contributed by atoms with Gasteiger partial charge in [0.2, 0.25) is 0 Å². The van der Waals surface area contributed by atoms with Crippen molar-refractivity contribution in [1.29, 1.82) is 0 Å². The fourth-order valence-corrected chi connectivity index (χ4v) is 1.67. The number of nitrogens with zero attached hydrogens (tertiary/aromatic N) is 1. The quantitative estimate of drug-likeness (QED) is 0.633. The van der Waals surface area contributed by atoms with Crippen molar-refractivity contribution in [3.8, 4) is 0 Å². The minimum atomic E-state index is 0.452. The summed E-state index contributed by atoms with van der Waals surface area (Å²) in [5, 5.41) is 3.45. The van der Waals surface area contributed by atoms with Crippen LogP contribution in [0.4, 0.5) is 0 Å². The molecule has 15 heavy (non-hydrogen) atoms. The van der Waals surface area contributed by atoms with Crippen LogP contribution in [0.3, 0.4) is 0 Å². The molecule has 0 aliphatic carbocycles. The Morgan fingerprint density at radius 1 is 1.27 bits per heavy atom. The summed E-state index contributed by atoms with van der Waals surface area (Å²) < 4.78 is 5.08. The number of rotatable bonds is 9. The topological polar surface area (TPSA) is 24.5 Å². The van der Waals surface area contributed by atoms with E-state index in [0.29, 0.717) is 6.04 Å². The van der Waals surface area contributed by atoms with Gasteiger partial charge in [0.25, 0.3) is 0 Å². The molecule has 3 heteroatoms. The summed E-state index contributed by atoms with van der Waals surface area (Å²) in [6.45, 7) is 14.2. The molecule has 0 aromatic rings. The molecule has 0 rings (SSSR count). The van der Waals surface area contributed by atoms with Crippen LogP contribution in [0.25, 0.3) is 0 Å². The normalized spacial score (nSPS) is 13.8. The molecule has 92 valence electrons. The van der Waals surface area contributed by atoms with Gasteiger partial charge in [-0.15, -0.1) is 0 Å². The lowest BCUT2D eigenvalue weighted by molar-refractivity contribution is 0.168. The third-order valence-corrected chi connectivity index (χ3v) is 2.41. The maximum atomic E-state index is 5.08. The van der Waals surface area contributed by atoms with Crippen molar-refractivity contribution < 1.29 is 4.74 Å². The molecule has 0 heterocycles. The smallest absolute Gasteiger partial charge is 0.0613 e. The van der Waals surface area contributed by atoms with E-state index in [1.807, 2.05) is 0 Å². The van der Waals surface area contributed by atoms with Crippen LogP contribution in [0, 0.1) is 5.92 Å². The summed E-state index contributed by atoms with van der Waals surface area (Å²) in [7, 11) is 1.75. The van der Waals surface area contributed by atoms with Crippen molar-refractivity contribution in [1.82, 2.24) is 10.2 Å². The standard InChI is InChI=1S/C12H28N2O/c1-6-14(9-11(2)3)8-7-13-12(4)10-15-5/h11-13H,6-10H2,1-5H3.